The van der Waals surface area contributed by atoms with Crippen molar-refractivity contribution in [1.82, 2.24) is 0 Å². The Labute approximate surface area is 138 Å². The molecular formula is C19H30F2O2. The van der Waals surface area contributed by atoms with Gasteiger partial charge in [0, 0.05) is 12.2 Å². The molecule has 3 fully saturated rings. The predicted octanol–water partition coefficient (Wildman–Crippen LogP) is 4.51. The highest BCUT2D eigenvalue weighted by molar-refractivity contribution is 5.22. The van der Waals surface area contributed by atoms with Crippen LogP contribution in [0.25, 0.3) is 0 Å². The number of halogens is 2. The van der Waals surface area contributed by atoms with Crippen molar-refractivity contribution < 1.29 is 19.0 Å². The minimum atomic E-state index is -1.45. The minimum Gasteiger partial charge on any atom is -0.396 e. The van der Waals surface area contributed by atoms with Gasteiger partial charge in [-0.2, -0.15) is 8.78 Å². The molecule has 0 aromatic rings. The normalized spacial score (nSPS) is 47.5. The third kappa shape index (κ3) is 2.76. The first kappa shape index (κ1) is 17.3. The van der Waals surface area contributed by atoms with E-state index in [4.69, 9.17) is 0 Å². The summed E-state index contributed by atoms with van der Waals surface area (Å²) in [5.41, 5.74) is 0.133. The molecule has 0 spiro atoms. The van der Waals surface area contributed by atoms with Crippen LogP contribution in [0.3, 0.4) is 0 Å². The van der Waals surface area contributed by atoms with Crippen LogP contribution >= 0.6 is 0 Å². The summed E-state index contributed by atoms with van der Waals surface area (Å²) in [5, 5.41) is 19.7. The van der Waals surface area contributed by atoms with E-state index in [-0.39, 0.29) is 29.5 Å². The lowest BCUT2D eigenvalue weighted by molar-refractivity contribution is -0.0664. The lowest BCUT2D eigenvalue weighted by Crippen LogP contribution is -2.46. The third-order valence-electron chi connectivity index (χ3n) is 7.80. The summed E-state index contributed by atoms with van der Waals surface area (Å²) in [6.45, 7) is 4.41. The molecule has 132 valence electrons. The molecule has 3 aliphatic rings. The second kappa shape index (κ2) is 6.11. The fraction of sp³-hybridized carbons (Fsp3) is 0.895. The van der Waals surface area contributed by atoms with Crippen LogP contribution in [0.15, 0.2) is 11.7 Å². The van der Waals surface area contributed by atoms with Crippen molar-refractivity contribution in [3.8, 4) is 0 Å². The van der Waals surface area contributed by atoms with Gasteiger partial charge in [0.2, 0.25) is 0 Å². The first-order valence-electron chi connectivity index (χ1n) is 9.15. The molecule has 0 radical (unpaired) electrons. The molecule has 0 saturated heterocycles. The summed E-state index contributed by atoms with van der Waals surface area (Å²) in [5.74, 6) is 0.961. The molecule has 3 aliphatic carbocycles. The third-order valence-corrected chi connectivity index (χ3v) is 7.80. The van der Waals surface area contributed by atoms with Gasteiger partial charge in [-0.1, -0.05) is 13.8 Å². The highest BCUT2D eigenvalue weighted by Gasteiger charge is 2.53. The molecule has 2 nitrogen and oxygen atoms in total. The summed E-state index contributed by atoms with van der Waals surface area (Å²) in [7, 11) is 0. The average molecular weight is 328 g/mol. The van der Waals surface area contributed by atoms with Crippen LogP contribution in [0, 0.1) is 28.6 Å². The van der Waals surface area contributed by atoms with Crippen molar-refractivity contribution in [2.45, 2.75) is 71.3 Å². The largest absolute Gasteiger partial charge is 0.396 e. The molecule has 0 bridgehead atoms. The van der Waals surface area contributed by atoms with Crippen LogP contribution in [0.4, 0.5) is 8.78 Å². The molecule has 4 heteroatoms. The van der Waals surface area contributed by atoms with Gasteiger partial charge in [0.1, 0.15) is 0 Å². The molecule has 0 aromatic carbocycles. The Hall–Kier alpha value is -0.480. The molecule has 3 rings (SSSR count). The maximum atomic E-state index is 13.3. The second-order valence-corrected chi connectivity index (χ2v) is 8.68. The first-order valence-corrected chi connectivity index (χ1v) is 9.15. The fourth-order valence-corrected chi connectivity index (χ4v) is 5.96. The number of fused-ring (bicyclic) bond motifs is 1. The van der Waals surface area contributed by atoms with E-state index >= 15 is 0 Å². The highest BCUT2D eigenvalue weighted by Crippen LogP contribution is 2.62. The van der Waals surface area contributed by atoms with Crippen LogP contribution in [0.2, 0.25) is 0 Å². The van der Waals surface area contributed by atoms with Gasteiger partial charge in [-0.15, -0.1) is 0 Å². The smallest absolute Gasteiger partial charge is 0.270 e. The number of aliphatic hydroxyl groups is 2. The van der Waals surface area contributed by atoms with Crippen molar-refractivity contribution in [2.24, 2.45) is 28.6 Å². The molecule has 6 unspecified atom stereocenters. The molecule has 0 heterocycles. The fourth-order valence-electron chi connectivity index (χ4n) is 5.96. The Morgan fingerprint density at radius 1 is 1.09 bits per heavy atom. The zero-order valence-corrected chi connectivity index (χ0v) is 14.3. The van der Waals surface area contributed by atoms with Crippen molar-refractivity contribution >= 4 is 0 Å². The van der Waals surface area contributed by atoms with Gasteiger partial charge in [0.05, 0.1) is 6.10 Å². The molecule has 6 atom stereocenters. The number of allylic oxidation sites excluding steroid dienone is 1. The summed E-state index contributed by atoms with van der Waals surface area (Å²) in [6.07, 6.45) is 4.90. The van der Waals surface area contributed by atoms with Gasteiger partial charge in [-0.3, -0.25) is 0 Å². The molecule has 2 N–H and O–H groups in total. The Bertz CT molecular complexity index is 488. The molecule has 0 amide bonds. The van der Waals surface area contributed by atoms with Gasteiger partial charge in [0.25, 0.3) is 6.08 Å². The summed E-state index contributed by atoms with van der Waals surface area (Å²) in [6, 6.07) is 0. The van der Waals surface area contributed by atoms with Crippen molar-refractivity contribution in [3.63, 3.8) is 0 Å². The maximum absolute atomic E-state index is 13.3. The van der Waals surface area contributed by atoms with E-state index in [0.717, 1.165) is 38.5 Å². The molecular weight excluding hydrogens is 298 g/mol. The summed E-state index contributed by atoms with van der Waals surface area (Å²) >= 11 is 0. The van der Waals surface area contributed by atoms with Crippen LogP contribution < -0.4 is 0 Å². The number of hydrogen-bond donors (Lipinski definition) is 2. The Balaban J connectivity index is 1.79. The lowest BCUT2D eigenvalue weighted by atomic mass is 9.53. The van der Waals surface area contributed by atoms with E-state index in [1.54, 1.807) is 0 Å². The van der Waals surface area contributed by atoms with E-state index in [9.17, 15) is 19.0 Å². The van der Waals surface area contributed by atoms with Crippen molar-refractivity contribution in [2.75, 3.05) is 6.61 Å². The van der Waals surface area contributed by atoms with Crippen molar-refractivity contribution in [1.29, 1.82) is 0 Å². The molecule has 23 heavy (non-hydrogen) atoms. The zero-order chi connectivity index (χ0) is 16.8. The SMILES string of the molecule is CC12CCC(C3(C)CCC(O)CC3CO)CC1CCC2=C(F)F. The Kier molecular flexibility index (Phi) is 4.61. The molecule has 3 saturated carbocycles. The second-order valence-electron chi connectivity index (χ2n) is 8.68. The monoisotopic (exact) mass is 328 g/mol. The van der Waals surface area contributed by atoms with Gasteiger partial charge >= 0.3 is 0 Å². The van der Waals surface area contributed by atoms with Gasteiger partial charge in [-0.25, -0.2) is 0 Å². The van der Waals surface area contributed by atoms with E-state index in [1.807, 2.05) is 6.92 Å². The van der Waals surface area contributed by atoms with E-state index < -0.39 is 6.08 Å². The van der Waals surface area contributed by atoms with Crippen LogP contribution in [0.5, 0.6) is 0 Å². The quantitative estimate of drug-likeness (QED) is 0.783. The maximum Gasteiger partial charge on any atom is 0.270 e. The van der Waals surface area contributed by atoms with Gasteiger partial charge in [-0.05, 0) is 80.0 Å². The highest BCUT2D eigenvalue weighted by atomic mass is 19.3. The van der Waals surface area contributed by atoms with Crippen molar-refractivity contribution in [3.05, 3.63) is 11.7 Å². The Morgan fingerprint density at radius 2 is 1.83 bits per heavy atom. The van der Waals surface area contributed by atoms with Gasteiger partial charge < -0.3 is 10.2 Å². The van der Waals surface area contributed by atoms with E-state index in [2.05, 4.69) is 6.92 Å². The minimum absolute atomic E-state index is 0.0377. The van der Waals surface area contributed by atoms with Gasteiger partial charge in [0.15, 0.2) is 0 Å². The van der Waals surface area contributed by atoms with Crippen LogP contribution in [0.1, 0.15) is 65.2 Å². The lowest BCUT2D eigenvalue weighted by Gasteiger charge is -2.52. The standard InChI is InChI=1S/C19H30F2O2/c1-18(8-6-15(23)10-14(18)11-22)13-5-7-19(2)12(9-13)3-4-16(19)17(20)21/h12-15,22-23H,3-11H2,1-2H3. The van der Waals surface area contributed by atoms with Crippen LogP contribution in [-0.2, 0) is 0 Å². The summed E-state index contributed by atoms with van der Waals surface area (Å²) < 4.78 is 26.5. The molecule has 0 aromatic heterocycles. The zero-order valence-electron chi connectivity index (χ0n) is 14.3. The molecule has 0 aliphatic heterocycles. The first-order chi connectivity index (χ1) is 10.8. The Morgan fingerprint density at radius 3 is 2.48 bits per heavy atom. The van der Waals surface area contributed by atoms with Crippen LogP contribution in [-0.4, -0.2) is 22.9 Å². The van der Waals surface area contributed by atoms with E-state index in [0.29, 0.717) is 30.3 Å². The number of hydrogen-bond acceptors (Lipinski definition) is 2. The topological polar surface area (TPSA) is 40.5 Å². The average Bonchev–Trinajstić information content (AvgIpc) is 2.86. The predicted molar refractivity (Wildman–Crippen MR) is 86.0 cm³/mol. The summed E-state index contributed by atoms with van der Waals surface area (Å²) in [4.78, 5) is 0. The number of aliphatic hydroxyl groups excluding tert-OH is 2. The van der Waals surface area contributed by atoms with E-state index in [1.165, 1.54) is 0 Å². The number of rotatable bonds is 2.